The fourth-order valence-electron chi connectivity index (χ4n) is 2.74. The van der Waals surface area contributed by atoms with Crippen molar-refractivity contribution in [3.05, 3.63) is 47.3 Å². The Hall–Kier alpha value is -2.54. The minimum absolute atomic E-state index is 0.654. The number of thioether (sulfide) groups is 1. The van der Waals surface area contributed by atoms with Gasteiger partial charge in [0.05, 0.1) is 24.1 Å². The van der Waals surface area contributed by atoms with Crippen molar-refractivity contribution in [1.29, 1.82) is 0 Å². The maximum Gasteiger partial charge on any atom is 0.196 e. The number of nitrogens with zero attached hydrogens (tertiary/aromatic N) is 4. The lowest BCUT2D eigenvalue weighted by atomic mass is 10.1. The van der Waals surface area contributed by atoms with Crippen molar-refractivity contribution in [1.82, 2.24) is 19.8 Å². The van der Waals surface area contributed by atoms with Crippen LogP contribution < -0.4 is 4.74 Å². The molecule has 3 aromatic heterocycles. The van der Waals surface area contributed by atoms with Gasteiger partial charge in [0.15, 0.2) is 10.8 Å². The van der Waals surface area contributed by atoms with Crippen LogP contribution in [0.1, 0.15) is 17.0 Å². The van der Waals surface area contributed by atoms with Gasteiger partial charge in [-0.2, -0.15) is 0 Å². The molecule has 4 aromatic rings. The van der Waals surface area contributed by atoms with Gasteiger partial charge in [-0.05, 0) is 37.6 Å². The zero-order valence-corrected chi connectivity index (χ0v) is 14.4. The van der Waals surface area contributed by atoms with Crippen molar-refractivity contribution in [3.8, 4) is 5.75 Å². The van der Waals surface area contributed by atoms with Crippen LogP contribution >= 0.6 is 11.8 Å². The van der Waals surface area contributed by atoms with Crippen molar-refractivity contribution in [2.45, 2.75) is 24.8 Å². The van der Waals surface area contributed by atoms with E-state index in [-0.39, 0.29) is 0 Å². The molecule has 0 amide bonds. The number of ether oxygens (including phenoxy) is 1. The SMILES string of the molecule is COc1ccc2c(C)cc3nnc(SCc4cc(C)no4)n3c2c1. The van der Waals surface area contributed by atoms with Crippen LogP contribution in [0.15, 0.2) is 40.0 Å². The quantitative estimate of drug-likeness (QED) is 0.527. The predicted molar refractivity (Wildman–Crippen MR) is 92.6 cm³/mol. The third-order valence-electron chi connectivity index (χ3n) is 3.89. The molecule has 0 atom stereocenters. The predicted octanol–water partition coefficient (Wildman–Crippen LogP) is 3.79. The number of aromatic nitrogens is 4. The van der Waals surface area contributed by atoms with E-state index in [1.54, 1.807) is 18.9 Å². The topological polar surface area (TPSA) is 65.5 Å². The van der Waals surface area contributed by atoms with Crippen LogP contribution in [0.25, 0.3) is 16.6 Å². The standard InChI is InChI=1S/C17H16N4O2S/c1-10-6-16-18-19-17(24-9-13-7-11(2)20-23-13)21(16)15-8-12(22-3)4-5-14(10)15/h4-8H,9H2,1-3H3. The number of benzene rings is 1. The second-order valence-electron chi connectivity index (χ2n) is 5.61. The van der Waals surface area contributed by atoms with Gasteiger partial charge in [-0.25, -0.2) is 0 Å². The van der Waals surface area contributed by atoms with Crippen LogP contribution in [-0.2, 0) is 5.75 Å². The summed E-state index contributed by atoms with van der Waals surface area (Å²) in [6.07, 6.45) is 0. The first-order valence-electron chi connectivity index (χ1n) is 7.53. The van der Waals surface area contributed by atoms with Crippen molar-refractivity contribution >= 4 is 28.3 Å². The summed E-state index contributed by atoms with van der Waals surface area (Å²) in [5, 5.41) is 14.5. The van der Waals surface area contributed by atoms with E-state index >= 15 is 0 Å². The summed E-state index contributed by atoms with van der Waals surface area (Å²) in [5.74, 6) is 2.29. The summed E-state index contributed by atoms with van der Waals surface area (Å²) in [5.41, 5.74) is 3.90. The van der Waals surface area contributed by atoms with Crippen molar-refractivity contribution in [2.75, 3.05) is 7.11 Å². The van der Waals surface area contributed by atoms with Gasteiger partial charge in [-0.15, -0.1) is 10.2 Å². The van der Waals surface area contributed by atoms with Crippen molar-refractivity contribution in [2.24, 2.45) is 0 Å². The summed E-state index contributed by atoms with van der Waals surface area (Å²) in [6, 6.07) is 10.0. The Bertz CT molecular complexity index is 1040. The Morgan fingerprint density at radius 3 is 2.79 bits per heavy atom. The first-order valence-corrected chi connectivity index (χ1v) is 8.52. The van der Waals surface area contributed by atoms with E-state index < -0.39 is 0 Å². The molecule has 24 heavy (non-hydrogen) atoms. The highest BCUT2D eigenvalue weighted by molar-refractivity contribution is 7.98. The molecule has 0 saturated carbocycles. The fraction of sp³-hybridized carbons (Fsp3) is 0.235. The van der Waals surface area contributed by atoms with Crippen LogP contribution in [0, 0.1) is 13.8 Å². The molecule has 0 saturated heterocycles. The summed E-state index contributed by atoms with van der Waals surface area (Å²) >= 11 is 1.57. The van der Waals surface area contributed by atoms with Gasteiger partial charge in [0.2, 0.25) is 0 Å². The molecule has 6 nitrogen and oxygen atoms in total. The molecular formula is C17H16N4O2S. The molecule has 0 aliphatic rings. The maximum atomic E-state index is 5.38. The van der Waals surface area contributed by atoms with E-state index in [4.69, 9.17) is 9.26 Å². The zero-order valence-electron chi connectivity index (χ0n) is 13.6. The van der Waals surface area contributed by atoms with Gasteiger partial charge >= 0.3 is 0 Å². The molecule has 0 unspecified atom stereocenters. The van der Waals surface area contributed by atoms with Crippen LogP contribution in [0.2, 0.25) is 0 Å². The normalized spacial score (nSPS) is 11.5. The zero-order chi connectivity index (χ0) is 16.7. The molecule has 4 rings (SSSR count). The van der Waals surface area contributed by atoms with Crippen LogP contribution in [-0.4, -0.2) is 26.9 Å². The molecule has 7 heteroatoms. The van der Waals surface area contributed by atoms with Gasteiger partial charge in [-0.3, -0.25) is 4.40 Å². The average Bonchev–Trinajstić information content (AvgIpc) is 3.18. The number of hydrogen-bond donors (Lipinski definition) is 0. The van der Waals surface area contributed by atoms with E-state index in [1.807, 2.05) is 31.2 Å². The molecule has 1 aromatic carbocycles. The van der Waals surface area contributed by atoms with Crippen molar-refractivity contribution in [3.63, 3.8) is 0 Å². The number of pyridine rings is 1. The van der Waals surface area contributed by atoms with Crippen LogP contribution in [0.5, 0.6) is 5.75 Å². The second kappa shape index (κ2) is 5.83. The summed E-state index contributed by atoms with van der Waals surface area (Å²) in [6.45, 7) is 3.99. The monoisotopic (exact) mass is 340 g/mol. The highest BCUT2D eigenvalue weighted by Crippen LogP contribution is 2.29. The highest BCUT2D eigenvalue weighted by Gasteiger charge is 2.13. The molecule has 0 spiro atoms. The minimum Gasteiger partial charge on any atom is -0.497 e. The molecule has 0 aliphatic heterocycles. The molecule has 122 valence electrons. The lowest BCUT2D eigenvalue weighted by Crippen LogP contribution is -1.94. The minimum atomic E-state index is 0.654. The summed E-state index contributed by atoms with van der Waals surface area (Å²) in [7, 11) is 1.67. The van der Waals surface area contributed by atoms with E-state index in [9.17, 15) is 0 Å². The first-order chi connectivity index (χ1) is 11.7. The van der Waals surface area contributed by atoms with E-state index in [0.717, 1.165) is 44.5 Å². The fourth-order valence-corrected chi connectivity index (χ4v) is 3.57. The Morgan fingerprint density at radius 1 is 1.17 bits per heavy atom. The molecule has 3 heterocycles. The van der Waals surface area contributed by atoms with Gasteiger partial charge in [0.1, 0.15) is 11.5 Å². The van der Waals surface area contributed by atoms with Gasteiger partial charge in [0.25, 0.3) is 0 Å². The Kier molecular flexibility index (Phi) is 3.65. The smallest absolute Gasteiger partial charge is 0.196 e. The summed E-state index contributed by atoms with van der Waals surface area (Å²) in [4.78, 5) is 0. The molecule has 0 fully saturated rings. The highest BCUT2D eigenvalue weighted by atomic mass is 32.2. The third-order valence-corrected chi connectivity index (χ3v) is 4.85. The second-order valence-corrected chi connectivity index (χ2v) is 6.55. The van der Waals surface area contributed by atoms with E-state index in [0.29, 0.717) is 5.75 Å². The Labute approximate surface area is 142 Å². The number of aryl methyl sites for hydroxylation is 2. The number of fused-ring (bicyclic) bond motifs is 3. The molecule has 0 N–H and O–H groups in total. The molecular weight excluding hydrogens is 324 g/mol. The van der Waals surface area contributed by atoms with Gasteiger partial charge < -0.3 is 9.26 Å². The van der Waals surface area contributed by atoms with Gasteiger partial charge in [-0.1, -0.05) is 16.9 Å². The Morgan fingerprint density at radius 2 is 2.04 bits per heavy atom. The van der Waals surface area contributed by atoms with E-state index in [1.165, 1.54) is 0 Å². The Balaban J connectivity index is 1.82. The number of hydrogen-bond acceptors (Lipinski definition) is 6. The average molecular weight is 340 g/mol. The van der Waals surface area contributed by atoms with Crippen LogP contribution in [0.4, 0.5) is 0 Å². The number of rotatable bonds is 4. The lowest BCUT2D eigenvalue weighted by molar-refractivity contribution is 0.391. The maximum absolute atomic E-state index is 5.38. The van der Waals surface area contributed by atoms with Crippen LogP contribution in [0.3, 0.4) is 0 Å². The third kappa shape index (κ3) is 2.50. The summed E-state index contributed by atoms with van der Waals surface area (Å²) < 4.78 is 12.7. The molecule has 0 bridgehead atoms. The largest absolute Gasteiger partial charge is 0.497 e. The molecule has 0 radical (unpaired) electrons. The first kappa shape index (κ1) is 15.0. The van der Waals surface area contributed by atoms with E-state index in [2.05, 4.69) is 32.7 Å². The van der Waals surface area contributed by atoms with Crippen molar-refractivity contribution < 1.29 is 9.26 Å². The number of methoxy groups -OCH3 is 1. The molecule has 0 aliphatic carbocycles. The van der Waals surface area contributed by atoms with Gasteiger partial charge in [0, 0.05) is 17.5 Å². The lowest BCUT2D eigenvalue weighted by Gasteiger charge is -2.09.